The number of nitrogens with zero attached hydrogens (tertiary/aromatic N) is 2. The number of alkyl halides is 1. The van der Waals surface area contributed by atoms with E-state index >= 15 is 0 Å². The molecule has 0 aliphatic carbocycles. The highest BCUT2D eigenvalue weighted by molar-refractivity contribution is 6.16. The van der Waals surface area contributed by atoms with Crippen LogP contribution in [-0.2, 0) is 5.88 Å². The molecule has 0 aromatic carbocycles. The maximum atomic E-state index is 5.61. The molecule has 16 heavy (non-hydrogen) atoms. The minimum Gasteiger partial charge on any atom is -0.449 e. The minimum absolute atomic E-state index is 0.327. The standard InChI is InChI=1S/C11H17ClN2O2/c12-8-10-9-16-11(13-10)15-7-6-14-4-2-1-3-5-14/h9H,1-8H2. The van der Waals surface area contributed by atoms with Crippen LogP contribution in [0.1, 0.15) is 25.0 Å². The second-order valence-corrected chi connectivity index (χ2v) is 4.26. The molecule has 5 heteroatoms. The number of piperidine rings is 1. The van der Waals surface area contributed by atoms with Gasteiger partial charge in [0.05, 0.1) is 11.6 Å². The molecule has 1 aliphatic heterocycles. The maximum absolute atomic E-state index is 5.61. The lowest BCUT2D eigenvalue weighted by molar-refractivity contribution is 0.159. The van der Waals surface area contributed by atoms with Gasteiger partial charge in [-0.2, -0.15) is 4.98 Å². The SMILES string of the molecule is ClCc1coc(OCCN2CCCCC2)n1. The fourth-order valence-corrected chi connectivity index (χ4v) is 1.98. The number of hydrogen-bond acceptors (Lipinski definition) is 4. The molecule has 90 valence electrons. The molecule has 1 fully saturated rings. The number of rotatable bonds is 5. The third kappa shape index (κ3) is 3.39. The van der Waals surface area contributed by atoms with Gasteiger partial charge in [0.1, 0.15) is 12.9 Å². The van der Waals surface area contributed by atoms with E-state index in [2.05, 4.69) is 9.88 Å². The summed E-state index contributed by atoms with van der Waals surface area (Å²) in [5.41, 5.74) is 0.717. The fraction of sp³-hybridized carbons (Fsp3) is 0.727. The molecule has 0 radical (unpaired) electrons. The lowest BCUT2D eigenvalue weighted by Gasteiger charge is -2.25. The Morgan fingerprint density at radius 2 is 2.19 bits per heavy atom. The number of hydrogen-bond donors (Lipinski definition) is 0. The Kier molecular flexibility index (Phi) is 4.48. The lowest BCUT2D eigenvalue weighted by Crippen LogP contribution is -2.33. The first-order chi connectivity index (χ1) is 7.88. The summed E-state index contributed by atoms with van der Waals surface area (Å²) in [6, 6.07) is 0. The molecule has 0 atom stereocenters. The molecule has 0 bridgehead atoms. The van der Waals surface area contributed by atoms with Crippen LogP contribution in [0.25, 0.3) is 0 Å². The Hall–Kier alpha value is -0.740. The van der Waals surface area contributed by atoms with Crippen molar-refractivity contribution in [3.8, 4) is 6.08 Å². The first-order valence-electron chi connectivity index (χ1n) is 5.74. The molecule has 2 heterocycles. The van der Waals surface area contributed by atoms with E-state index in [0.717, 1.165) is 12.2 Å². The van der Waals surface area contributed by atoms with E-state index in [0.29, 0.717) is 18.6 Å². The average Bonchev–Trinajstić information content (AvgIpc) is 2.78. The molecule has 1 saturated heterocycles. The van der Waals surface area contributed by atoms with Gasteiger partial charge in [0.25, 0.3) is 0 Å². The highest BCUT2D eigenvalue weighted by atomic mass is 35.5. The van der Waals surface area contributed by atoms with Gasteiger partial charge >= 0.3 is 6.08 Å². The predicted octanol–water partition coefficient (Wildman–Crippen LogP) is 2.28. The second-order valence-electron chi connectivity index (χ2n) is 3.99. The highest BCUT2D eigenvalue weighted by Crippen LogP contribution is 2.12. The van der Waals surface area contributed by atoms with Crippen LogP contribution in [0, 0.1) is 0 Å². The van der Waals surface area contributed by atoms with Gasteiger partial charge in [0.15, 0.2) is 0 Å². The smallest absolute Gasteiger partial charge is 0.393 e. The molecule has 4 nitrogen and oxygen atoms in total. The van der Waals surface area contributed by atoms with Crippen LogP contribution in [0.4, 0.5) is 0 Å². The molecule has 0 spiro atoms. The maximum Gasteiger partial charge on any atom is 0.393 e. The monoisotopic (exact) mass is 244 g/mol. The Labute approximate surface area is 101 Å². The Morgan fingerprint density at radius 1 is 1.38 bits per heavy atom. The average molecular weight is 245 g/mol. The van der Waals surface area contributed by atoms with Gasteiger partial charge in [0, 0.05) is 6.54 Å². The molecule has 0 saturated carbocycles. The van der Waals surface area contributed by atoms with E-state index in [-0.39, 0.29) is 0 Å². The zero-order valence-electron chi connectivity index (χ0n) is 9.32. The molecule has 0 unspecified atom stereocenters. The van der Waals surface area contributed by atoms with Crippen molar-refractivity contribution in [2.24, 2.45) is 0 Å². The summed E-state index contributed by atoms with van der Waals surface area (Å²) >= 11 is 5.61. The van der Waals surface area contributed by atoms with E-state index in [4.69, 9.17) is 20.8 Å². The number of halogens is 1. The van der Waals surface area contributed by atoms with Gasteiger partial charge < -0.3 is 9.15 Å². The molecule has 1 aromatic heterocycles. The molecular weight excluding hydrogens is 228 g/mol. The largest absolute Gasteiger partial charge is 0.449 e. The topological polar surface area (TPSA) is 38.5 Å². The summed E-state index contributed by atoms with van der Waals surface area (Å²) < 4.78 is 10.5. The van der Waals surface area contributed by atoms with Gasteiger partial charge in [-0.15, -0.1) is 11.6 Å². The summed E-state index contributed by atoms with van der Waals surface area (Å²) in [5, 5.41) is 0. The lowest BCUT2D eigenvalue weighted by atomic mass is 10.1. The van der Waals surface area contributed by atoms with Crippen molar-refractivity contribution in [2.45, 2.75) is 25.1 Å². The summed E-state index contributed by atoms with van der Waals surface area (Å²) in [5.74, 6) is 0.360. The van der Waals surface area contributed by atoms with E-state index in [9.17, 15) is 0 Å². The van der Waals surface area contributed by atoms with Crippen LogP contribution in [0.15, 0.2) is 10.7 Å². The number of likely N-dealkylation sites (tertiary alicyclic amines) is 1. The van der Waals surface area contributed by atoms with Gasteiger partial charge in [-0.1, -0.05) is 6.42 Å². The summed E-state index contributed by atoms with van der Waals surface area (Å²) in [4.78, 5) is 6.48. The minimum atomic E-state index is 0.327. The summed E-state index contributed by atoms with van der Waals surface area (Å²) in [6.07, 6.45) is 5.82. The van der Waals surface area contributed by atoms with Crippen molar-refractivity contribution in [3.63, 3.8) is 0 Å². The van der Waals surface area contributed by atoms with Crippen LogP contribution in [0.3, 0.4) is 0 Å². The van der Waals surface area contributed by atoms with Crippen molar-refractivity contribution in [2.75, 3.05) is 26.2 Å². The van der Waals surface area contributed by atoms with Crippen molar-refractivity contribution >= 4 is 11.6 Å². The third-order valence-electron chi connectivity index (χ3n) is 2.75. The van der Waals surface area contributed by atoms with E-state index < -0.39 is 0 Å². The predicted molar refractivity (Wildman–Crippen MR) is 61.8 cm³/mol. The van der Waals surface area contributed by atoms with E-state index in [1.54, 1.807) is 0 Å². The fourth-order valence-electron chi connectivity index (χ4n) is 1.86. The molecule has 1 aliphatic rings. The molecule has 2 rings (SSSR count). The van der Waals surface area contributed by atoms with Gasteiger partial charge in [-0.05, 0) is 25.9 Å². The van der Waals surface area contributed by atoms with Gasteiger partial charge in [0.2, 0.25) is 0 Å². The molecule has 0 N–H and O–H groups in total. The van der Waals surface area contributed by atoms with Crippen LogP contribution >= 0.6 is 11.6 Å². The molecule has 0 amide bonds. The van der Waals surface area contributed by atoms with Crippen molar-refractivity contribution in [1.82, 2.24) is 9.88 Å². The first-order valence-corrected chi connectivity index (χ1v) is 6.27. The van der Waals surface area contributed by atoms with Crippen molar-refractivity contribution in [3.05, 3.63) is 12.0 Å². The van der Waals surface area contributed by atoms with Crippen LogP contribution < -0.4 is 4.74 Å². The Balaban J connectivity index is 1.66. The van der Waals surface area contributed by atoms with Crippen molar-refractivity contribution in [1.29, 1.82) is 0 Å². The second kappa shape index (κ2) is 6.11. The number of ether oxygens (including phenoxy) is 1. The molecule has 1 aromatic rings. The highest BCUT2D eigenvalue weighted by Gasteiger charge is 2.10. The molecular formula is C11H17ClN2O2. The first kappa shape index (κ1) is 11.7. The van der Waals surface area contributed by atoms with Gasteiger partial charge in [-0.3, -0.25) is 4.90 Å². The van der Waals surface area contributed by atoms with Crippen LogP contribution in [0.5, 0.6) is 6.08 Å². The third-order valence-corrected chi connectivity index (χ3v) is 3.02. The van der Waals surface area contributed by atoms with E-state index in [1.807, 2.05) is 0 Å². The van der Waals surface area contributed by atoms with Crippen molar-refractivity contribution < 1.29 is 9.15 Å². The van der Waals surface area contributed by atoms with Crippen LogP contribution in [0.2, 0.25) is 0 Å². The summed E-state index contributed by atoms with van der Waals surface area (Å²) in [6.45, 7) is 3.94. The summed E-state index contributed by atoms with van der Waals surface area (Å²) in [7, 11) is 0. The van der Waals surface area contributed by atoms with Crippen LogP contribution in [-0.4, -0.2) is 36.1 Å². The van der Waals surface area contributed by atoms with Gasteiger partial charge in [-0.25, -0.2) is 0 Å². The quantitative estimate of drug-likeness (QED) is 0.745. The zero-order valence-corrected chi connectivity index (χ0v) is 10.1. The number of oxazole rings is 1. The Bertz CT molecular complexity index is 311. The zero-order chi connectivity index (χ0) is 11.2. The Morgan fingerprint density at radius 3 is 2.88 bits per heavy atom. The normalized spacial score (nSPS) is 17.6. The number of aromatic nitrogens is 1. The van der Waals surface area contributed by atoms with E-state index in [1.165, 1.54) is 38.6 Å².